The molecule has 1 aliphatic carbocycles. The second-order valence-corrected chi connectivity index (χ2v) is 3.35. The Morgan fingerprint density at radius 2 is 2.11 bits per heavy atom. The van der Waals surface area contributed by atoms with E-state index in [1.165, 1.54) is 5.57 Å². The van der Waals surface area contributed by atoms with Gasteiger partial charge in [-0.15, -0.1) is 0 Å². The fourth-order valence-corrected chi connectivity index (χ4v) is 1.06. The van der Waals surface area contributed by atoms with Gasteiger partial charge < -0.3 is 0 Å². The van der Waals surface area contributed by atoms with E-state index in [4.69, 9.17) is 0 Å². The monoisotopic (exact) mass is 124 g/mol. The Labute approximate surface area is 55.8 Å². The highest BCUT2D eigenvalue weighted by atomic mass is 16.1. The average molecular weight is 124 g/mol. The summed E-state index contributed by atoms with van der Waals surface area (Å²) in [6.07, 6.45) is 2.44. The summed E-state index contributed by atoms with van der Waals surface area (Å²) in [5.41, 5.74) is 1.35. The van der Waals surface area contributed by atoms with E-state index < -0.39 is 0 Å². The highest BCUT2D eigenvalue weighted by Gasteiger charge is 2.28. The summed E-state index contributed by atoms with van der Waals surface area (Å²) in [7, 11) is 0. The van der Waals surface area contributed by atoms with Gasteiger partial charge in [-0.2, -0.15) is 0 Å². The molecule has 0 radical (unpaired) electrons. The van der Waals surface area contributed by atoms with Gasteiger partial charge in [0.05, 0.1) is 0 Å². The summed E-state index contributed by atoms with van der Waals surface area (Å²) in [6.45, 7) is 6.22. The first-order valence-corrected chi connectivity index (χ1v) is 3.24. The predicted octanol–water partition coefficient (Wildman–Crippen LogP) is 1.93. The number of allylic oxidation sites excluding steroid dienone is 2. The Bertz CT molecular complexity index is 175. The van der Waals surface area contributed by atoms with E-state index in [9.17, 15) is 4.79 Å². The average Bonchev–Trinajstić information content (AvgIpc) is 1.79. The highest BCUT2D eigenvalue weighted by molar-refractivity contribution is 5.94. The summed E-state index contributed by atoms with van der Waals surface area (Å²) >= 11 is 0. The maximum absolute atomic E-state index is 10.8. The molecule has 0 aliphatic heterocycles. The van der Waals surface area contributed by atoms with Gasteiger partial charge in [-0.25, -0.2) is 0 Å². The molecule has 0 heterocycles. The second-order valence-electron chi connectivity index (χ2n) is 3.35. The van der Waals surface area contributed by atoms with E-state index in [2.05, 4.69) is 13.8 Å². The largest absolute Gasteiger partial charge is 0.295 e. The van der Waals surface area contributed by atoms with Crippen LogP contribution < -0.4 is 0 Å². The van der Waals surface area contributed by atoms with E-state index in [1.54, 1.807) is 6.08 Å². The Hall–Kier alpha value is -0.590. The minimum atomic E-state index is 0.136. The first kappa shape index (κ1) is 6.53. The first-order valence-electron chi connectivity index (χ1n) is 3.24. The number of hydrogen-bond acceptors (Lipinski definition) is 1. The van der Waals surface area contributed by atoms with Gasteiger partial charge in [0.25, 0.3) is 0 Å². The molecule has 0 fully saturated rings. The lowest BCUT2D eigenvalue weighted by Gasteiger charge is -2.17. The van der Waals surface area contributed by atoms with Crippen molar-refractivity contribution in [3.8, 4) is 0 Å². The van der Waals surface area contributed by atoms with Crippen LogP contribution in [-0.2, 0) is 4.79 Å². The standard InChI is InChI=1S/C8H12O/c1-6-4-7(9)5-8(6,2)3/h4H,5H2,1-3H3. The van der Waals surface area contributed by atoms with Gasteiger partial charge in [-0.3, -0.25) is 4.79 Å². The van der Waals surface area contributed by atoms with Crippen molar-refractivity contribution >= 4 is 5.78 Å². The van der Waals surface area contributed by atoms with Crippen molar-refractivity contribution in [3.05, 3.63) is 11.6 Å². The van der Waals surface area contributed by atoms with E-state index in [0.29, 0.717) is 6.42 Å². The molecule has 0 saturated carbocycles. The molecule has 0 spiro atoms. The highest BCUT2D eigenvalue weighted by Crippen LogP contribution is 2.35. The molecule has 0 aromatic heterocycles. The van der Waals surface area contributed by atoms with Gasteiger partial charge in [-0.05, 0) is 18.4 Å². The molecular formula is C8H12O. The third-order valence-electron chi connectivity index (χ3n) is 2.06. The van der Waals surface area contributed by atoms with Crippen LogP contribution in [-0.4, -0.2) is 5.78 Å². The van der Waals surface area contributed by atoms with Gasteiger partial charge in [0.2, 0.25) is 0 Å². The molecule has 50 valence electrons. The van der Waals surface area contributed by atoms with E-state index in [0.717, 1.165) is 0 Å². The fourth-order valence-electron chi connectivity index (χ4n) is 1.06. The summed E-state index contributed by atoms with van der Waals surface area (Å²) < 4.78 is 0. The van der Waals surface area contributed by atoms with Crippen molar-refractivity contribution in [3.63, 3.8) is 0 Å². The van der Waals surface area contributed by atoms with Crippen LogP contribution in [0.2, 0.25) is 0 Å². The molecule has 1 rings (SSSR count). The second kappa shape index (κ2) is 1.69. The van der Waals surface area contributed by atoms with Crippen molar-refractivity contribution in [2.24, 2.45) is 5.41 Å². The maximum Gasteiger partial charge on any atom is 0.156 e. The molecule has 1 nitrogen and oxygen atoms in total. The molecule has 0 amide bonds. The molecule has 0 aromatic rings. The third kappa shape index (κ3) is 1.04. The Balaban J connectivity index is 2.89. The number of carbonyl (C=O) groups excluding carboxylic acids is 1. The quantitative estimate of drug-likeness (QED) is 0.482. The van der Waals surface area contributed by atoms with E-state index in [-0.39, 0.29) is 11.2 Å². The van der Waals surface area contributed by atoms with Gasteiger partial charge in [0.15, 0.2) is 5.78 Å². The van der Waals surface area contributed by atoms with Gasteiger partial charge >= 0.3 is 0 Å². The van der Waals surface area contributed by atoms with Crippen LogP contribution in [0.4, 0.5) is 0 Å². The van der Waals surface area contributed by atoms with Crippen molar-refractivity contribution < 1.29 is 4.79 Å². The van der Waals surface area contributed by atoms with Crippen LogP contribution >= 0.6 is 0 Å². The van der Waals surface area contributed by atoms with Crippen molar-refractivity contribution in [2.75, 3.05) is 0 Å². The Morgan fingerprint density at radius 1 is 1.56 bits per heavy atom. The molecule has 1 aliphatic rings. The lowest BCUT2D eigenvalue weighted by molar-refractivity contribution is -0.115. The van der Waals surface area contributed by atoms with Crippen LogP contribution in [0.5, 0.6) is 0 Å². The molecule has 0 aromatic carbocycles. The Kier molecular flexibility index (Phi) is 1.23. The van der Waals surface area contributed by atoms with Crippen molar-refractivity contribution in [1.29, 1.82) is 0 Å². The van der Waals surface area contributed by atoms with Crippen LogP contribution in [0, 0.1) is 5.41 Å². The van der Waals surface area contributed by atoms with Crippen LogP contribution in [0.3, 0.4) is 0 Å². The summed E-state index contributed by atoms with van der Waals surface area (Å²) in [4.78, 5) is 10.8. The number of carbonyl (C=O) groups is 1. The van der Waals surface area contributed by atoms with Crippen molar-refractivity contribution in [2.45, 2.75) is 27.2 Å². The van der Waals surface area contributed by atoms with E-state index in [1.807, 2.05) is 6.92 Å². The number of rotatable bonds is 0. The summed E-state index contributed by atoms with van der Waals surface area (Å²) in [5.74, 6) is 0.275. The molecule has 0 unspecified atom stereocenters. The fraction of sp³-hybridized carbons (Fsp3) is 0.625. The van der Waals surface area contributed by atoms with Crippen molar-refractivity contribution in [1.82, 2.24) is 0 Å². The minimum Gasteiger partial charge on any atom is -0.295 e. The molecule has 0 N–H and O–H groups in total. The van der Waals surface area contributed by atoms with Gasteiger partial charge in [0.1, 0.15) is 0 Å². The van der Waals surface area contributed by atoms with Gasteiger partial charge in [0, 0.05) is 6.42 Å². The molecule has 0 bridgehead atoms. The molecular weight excluding hydrogens is 112 g/mol. The maximum atomic E-state index is 10.8. The lowest BCUT2D eigenvalue weighted by Crippen LogP contribution is -2.08. The molecule has 0 atom stereocenters. The normalized spacial score (nSPS) is 24.3. The smallest absolute Gasteiger partial charge is 0.156 e. The third-order valence-corrected chi connectivity index (χ3v) is 2.06. The zero-order valence-corrected chi connectivity index (χ0v) is 6.19. The SMILES string of the molecule is CC1=CC(=O)CC1(C)C. The predicted molar refractivity (Wildman–Crippen MR) is 37.2 cm³/mol. The zero-order chi connectivity index (χ0) is 7.07. The van der Waals surface area contributed by atoms with Crippen LogP contribution in [0.25, 0.3) is 0 Å². The zero-order valence-electron chi connectivity index (χ0n) is 6.19. The number of hydrogen-bond donors (Lipinski definition) is 0. The van der Waals surface area contributed by atoms with E-state index >= 15 is 0 Å². The minimum absolute atomic E-state index is 0.136. The molecule has 0 saturated heterocycles. The summed E-state index contributed by atoms with van der Waals surface area (Å²) in [6, 6.07) is 0. The number of ketones is 1. The molecule has 9 heavy (non-hydrogen) atoms. The first-order chi connectivity index (χ1) is 4.02. The topological polar surface area (TPSA) is 17.1 Å². The van der Waals surface area contributed by atoms with Crippen LogP contribution in [0.1, 0.15) is 27.2 Å². The Morgan fingerprint density at radius 3 is 2.22 bits per heavy atom. The summed E-state index contributed by atoms with van der Waals surface area (Å²) in [5, 5.41) is 0. The van der Waals surface area contributed by atoms with Crippen LogP contribution in [0.15, 0.2) is 11.6 Å². The lowest BCUT2D eigenvalue weighted by atomic mass is 9.87. The molecule has 1 heteroatoms. The van der Waals surface area contributed by atoms with Gasteiger partial charge in [-0.1, -0.05) is 19.4 Å².